The van der Waals surface area contributed by atoms with E-state index < -0.39 is 0 Å². The van der Waals surface area contributed by atoms with Gasteiger partial charge in [0, 0.05) is 37.9 Å². The molecule has 1 aromatic carbocycles. The zero-order valence-electron chi connectivity index (χ0n) is 10.7. The van der Waals surface area contributed by atoms with Crippen molar-refractivity contribution in [1.29, 1.82) is 0 Å². The first kappa shape index (κ1) is 14.5. The van der Waals surface area contributed by atoms with Crippen molar-refractivity contribution in [1.82, 2.24) is 0 Å². The third-order valence-electron chi connectivity index (χ3n) is 3.35. The van der Waals surface area contributed by atoms with Gasteiger partial charge in [-0.05, 0) is 18.2 Å². The molecule has 0 spiro atoms. The molecule has 0 radical (unpaired) electrons. The monoisotopic (exact) mass is 300 g/mol. The van der Waals surface area contributed by atoms with E-state index in [1.54, 1.807) is 7.11 Å². The standard InChI is InChI=1S/C13H17ClN2O2S/c1-17-13(4-5-18-8-13)7-16-9-2-3-10(12(15)19)11(14)6-9/h2-3,6,16H,4-5,7-8H2,1H3,(H2,15,19). The predicted molar refractivity (Wildman–Crippen MR) is 81.0 cm³/mol. The van der Waals surface area contributed by atoms with Gasteiger partial charge in [0.2, 0.25) is 0 Å². The quantitative estimate of drug-likeness (QED) is 0.817. The molecule has 6 heteroatoms. The second-order valence-corrected chi connectivity index (χ2v) is 5.45. The van der Waals surface area contributed by atoms with E-state index in [-0.39, 0.29) is 5.60 Å². The average Bonchev–Trinajstić information content (AvgIpc) is 2.85. The van der Waals surface area contributed by atoms with Gasteiger partial charge in [-0.2, -0.15) is 0 Å². The van der Waals surface area contributed by atoms with Gasteiger partial charge in [-0.25, -0.2) is 0 Å². The lowest BCUT2D eigenvalue weighted by Crippen LogP contribution is -2.39. The number of thiocarbonyl (C=S) groups is 1. The normalized spacial score (nSPS) is 22.4. The molecule has 1 aliphatic heterocycles. The summed E-state index contributed by atoms with van der Waals surface area (Å²) in [7, 11) is 1.71. The van der Waals surface area contributed by atoms with E-state index in [4.69, 9.17) is 39.0 Å². The lowest BCUT2D eigenvalue weighted by atomic mass is 10.0. The molecule has 104 valence electrons. The highest BCUT2D eigenvalue weighted by atomic mass is 35.5. The molecule has 1 fully saturated rings. The smallest absolute Gasteiger partial charge is 0.110 e. The van der Waals surface area contributed by atoms with E-state index in [1.807, 2.05) is 18.2 Å². The Kier molecular flexibility index (Phi) is 4.62. The fourth-order valence-electron chi connectivity index (χ4n) is 2.05. The number of halogens is 1. The number of hydrogen-bond acceptors (Lipinski definition) is 4. The maximum atomic E-state index is 6.12. The lowest BCUT2D eigenvalue weighted by Gasteiger charge is -2.26. The van der Waals surface area contributed by atoms with Crippen LogP contribution in [-0.4, -0.2) is 37.5 Å². The first-order valence-electron chi connectivity index (χ1n) is 6.02. The van der Waals surface area contributed by atoms with Crippen LogP contribution in [0.1, 0.15) is 12.0 Å². The van der Waals surface area contributed by atoms with Crippen molar-refractivity contribution in [2.45, 2.75) is 12.0 Å². The molecule has 0 bridgehead atoms. The minimum absolute atomic E-state index is 0.256. The Bertz CT molecular complexity index is 476. The van der Waals surface area contributed by atoms with E-state index in [0.717, 1.165) is 18.7 Å². The number of ether oxygens (including phenoxy) is 2. The number of nitrogens with two attached hydrogens (primary N) is 1. The Labute approximate surface area is 123 Å². The van der Waals surface area contributed by atoms with Crippen LogP contribution in [0, 0.1) is 0 Å². The van der Waals surface area contributed by atoms with E-state index >= 15 is 0 Å². The summed E-state index contributed by atoms with van der Waals surface area (Å²) in [5.41, 5.74) is 6.91. The van der Waals surface area contributed by atoms with Crippen LogP contribution in [0.5, 0.6) is 0 Å². The largest absolute Gasteiger partial charge is 0.389 e. The molecule has 0 aliphatic carbocycles. The minimum atomic E-state index is -0.256. The minimum Gasteiger partial charge on any atom is -0.389 e. The van der Waals surface area contributed by atoms with Crippen LogP contribution in [0.2, 0.25) is 5.02 Å². The van der Waals surface area contributed by atoms with Crippen LogP contribution in [0.15, 0.2) is 18.2 Å². The molecule has 4 nitrogen and oxygen atoms in total. The fourth-order valence-corrected chi connectivity index (χ4v) is 2.57. The Morgan fingerprint density at radius 3 is 2.95 bits per heavy atom. The molecule has 1 unspecified atom stereocenters. The third kappa shape index (κ3) is 3.36. The van der Waals surface area contributed by atoms with Crippen molar-refractivity contribution >= 4 is 34.5 Å². The zero-order chi connectivity index (χ0) is 13.9. The maximum Gasteiger partial charge on any atom is 0.110 e. The molecule has 19 heavy (non-hydrogen) atoms. The summed E-state index contributed by atoms with van der Waals surface area (Å²) in [6.45, 7) is 2.01. The molecule has 3 N–H and O–H groups in total. The van der Waals surface area contributed by atoms with Gasteiger partial charge in [0.05, 0.1) is 11.6 Å². The maximum absolute atomic E-state index is 6.12. The average molecular weight is 301 g/mol. The molecule has 0 saturated carbocycles. The van der Waals surface area contributed by atoms with E-state index in [1.165, 1.54) is 0 Å². The molecule has 1 atom stereocenters. The van der Waals surface area contributed by atoms with E-state index in [9.17, 15) is 0 Å². The Morgan fingerprint density at radius 2 is 2.42 bits per heavy atom. The molecule has 1 heterocycles. The fraction of sp³-hybridized carbons (Fsp3) is 0.462. The summed E-state index contributed by atoms with van der Waals surface area (Å²) in [6, 6.07) is 5.53. The first-order chi connectivity index (χ1) is 9.06. The number of rotatable bonds is 5. The second kappa shape index (κ2) is 6.05. The number of methoxy groups -OCH3 is 1. The van der Waals surface area contributed by atoms with Crippen molar-refractivity contribution in [3.8, 4) is 0 Å². The summed E-state index contributed by atoms with van der Waals surface area (Å²) in [5, 5.41) is 3.86. The molecule has 1 aliphatic rings. The summed E-state index contributed by atoms with van der Waals surface area (Å²) < 4.78 is 10.9. The van der Waals surface area contributed by atoms with Crippen molar-refractivity contribution in [3.05, 3.63) is 28.8 Å². The predicted octanol–water partition coefficient (Wildman–Crippen LogP) is 2.19. The van der Waals surface area contributed by atoms with Crippen LogP contribution >= 0.6 is 23.8 Å². The number of benzene rings is 1. The summed E-state index contributed by atoms with van der Waals surface area (Å²) in [5.74, 6) is 0. The highest BCUT2D eigenvalue weighted by molar-refractivity contribution is 7.80. The molecular weight excluding hydrogens is 284 g/mol. The summed E-state index contributed by atoms with van der Waals surface area (Å²) in [6.07, 6.45) is 0.884. The van der Waals surface area contributed by atoms with Crippen LogP contribution in [0.3, 0.4) is 0 Å². The molecular formula is C13H17ClN2O2S. The molecule has 0 amide bonds. The highest BCUT2D eigenvalue weighted by Gasteiger charge is 2.34. The van der Waals surface area contributed by atoms with Gasteiger partial charge in [-0.1, -0.05) is 23.8 Å². The second-order valence-electron chi connectivity index (χ2n) is 4.60. The van der Waals surface area contributed by atoms with E-state index in [0.29, 0.717) is 28.7 Å². The van der Waals surface area contributed by atoms with E-state index in [2.05, 4.69) is 5.32 Å². The summed E-state index contributed by atoms with van der Waals surface area (Å²) in [4.78, 5) is 0.300. The lowest BCUT2D eigenvalue weighted by molar-refractivity contribution is -0.00619. The summed E-state index contributed by atoms with van der Waals surface area (Å²) >= 11 is 11.0. The topological polar surface area (TPSA) is 56.5 Å². The zero-order valence-corrected chi connectivity index (χ0v) is 12.3. The van der Waals surface area contributed by atoms with Crippen LogP contribution in [0.4, 0.5) is 5.69 Å². The van der Waals surface area contributed by atoms with Gasteiger partial charge in [0.25, 0.3) is 0 Å². The molecule has 1 saturated heterocycles. The number of anilines is 1. The van der Waals surface area contributed by atoms with Crippen LogP contribution in [-0.2, 0) is 9.47 Å². The van der Waals surface area contributed by atoms with Crippen LogP contribution < -0.4 is 11.1 Å². The molecule has 1 aromatic rings. The van der Waals surface area contributed by atoms with Crippen LogP contribution in [0.25, 0.3) is 0 Å². The van der Waals surface area contributed by atoms with Crippen molar-refractivity contribution in [2.75, 3.05) is 32.2 Å². The van der Waals surface area contributed by atoms with Gasteiger partial charge in [-0.15, -0.1) is 0 Å². The van der Waals surface area contributed by atoms with Crippen molar-refractivity contribution in [3.63, 3.8) is 0 Å². The number of hydrogen-bond donors (Lipinski definition) is 2. The van der Waals surface area contributed by atoms with Gasteiger partial charge in [-0.3, -0.25) is 0 Å². The van der Waals surface area contributed by atoms with Crippen molar-refractivity contribution in [2.24, 2.45) is 5.73 Å². The van der Waals surface area contributed by atoms with Gasteiger partial charge in [0.15, 0.2) is 0 Å². The Morgan fingerprint density at radius 1 is 1.63 bits per heavy atom. The van der Waals surface area contributed by atoms with Gasteiger partial charge in [0.1, 0.15) is 10.6 Å². The number of nitrogens with one attached hydrogen (secondary N) is 1. The Balaban J connectivity index is 2.03. The first-order valence-corrected chi connectivity index (χ1v) is 6.81. The molecule has 0 aromatic heterocycles. The third-order valence-corrected chi connectivity index (χ3v) is 3.88. The van der Waals surface area contributed by atoms with Gasteiger partial charge < -0.3 is 20.5 Å². The molecule has 2 rings (SSSR count). The van der Waals surface area contributed by atoms with Crippen molar-refractivity contribution < 1.29 is 9.47 Å². The Hall–Kier alpha value is -0.880. The SMILES string of the molecule is COC1(CNc2ccc(C(N)=S)c(Cl)c2)CCOC1. The van der Waals surface area contributed by atoms with Gasteiger partial charge >= 0.3 is 0 Å². The highest BCUT2D eigenvalue weighted by Crippen LogP contribution is 2.25.